The second-order valence-electron chi connectivity index (χ2n) is 15.1. The van der Waals surface area contributed by atoms with Gasteiger partial charge in [0.2, 0.25) is 5.91 Å². The van der Waals surface area contributed by atoms with Crippen molar-refractivity contribution in [2.45, 2.75) is 94.1 Å². The van der Waals surface area contributed by atoms with E-state index in [0.717, 1.165) is 49.3 Å². The smallest absolute Gasteiger partial charge is 0.306 e. The molecule has 3 saturated heterocycles. The quantitative estimate of drug-likeness (QED) is 0.271. The summed E-state index contributed by atoms with van der Waals surface area (Å²) in [6, 6.07) is 13.2. The van der Waals surface area contributed by atoms with E-state index in [-0.39, 0.29) is 42.3 Å². The molecule has 3 aromatic rings. The summed E-state index contributed by atoms with van der Waals surface area (Å²) < 4.78 is 8.33. The molecule has 0 spiro atoms. The number of aliphatic carboxylic acids is 1. The van der Waals surface area contributed by atoms with Gasteiger partial charge in [0.15, 0.2) is 0 Å². The van der Waals surface area contributed by atoms with Crippen molar-refractivity contribution in [1.82, 2.24) is 19.3 Å². The fraction of sp³-hybridized carbons (Fsp3) is 0.553. The first kappa shape index (κ1) is 34.0. The van der Waals surface area contributed by atoms with Crippen LogP contribution < -0.4 is 5.32 Å². The van der Waals surface area contributed by atoms with Crippen LogP contribution in [0.5, 0.6) is 0 Å². The zero-order chi connectivity index (χ0) is 34.7. The highest BCUT2D eigenvalue weighted by atomic mass is 35.5. The molecule has 5 aliphatic rings. The van der Waals surface area contributed by atoms with Crippen molar-refractivity contribution in [3.8, 4) is 0 Å². The molecule has 266 valence electrons. The van der Waals surface area contributed by atoms with Crippen LogP contribution in [0.25, 0.3) is 10.9 Å². The molecule has 4 atom stereocenters. The third kappa shape index (κ3) is 6.65. The summed E-state index contributed by atoms with van der Waals surface area (Å²) in [5.74, 6) is -1.33. The Morgan fingerprint density at radius 1 is 0.880 bits per heavy atom. The minimum Gasteiger partial charge on any atom is -0.481 e. The van der Waals surface area contributed by atoms with Crippen molar-refractivity contribution in [2.24, 2.45) is 13.0 Å². The highest BCUT2D eigenvalue weighted by molar-refractivity contribution is 6.36. The molecule has 12 heteroatoms. The normalized spacial score (nSPS) is 28.5. The maximum Gasteiger partial charge on any atom is 0.306 e. The predicted octanol–water partition coefficient (Wildman–Crippen LogP) is 5.83. The Labute approximate surface area is 302 Å². The Morgan fingerprint density at radius 2 is 1.58 bits per heavy atom. The number of fused-ring (bicyclic) bond motifs is 3. The third-order valence-corrected chi connectivity index (χ3v) is 12.6. The molecule has 2 aromatic carbocycles. The monoisotopic (exact) mass is 721 g/mol. The third-order valence-electron chi connectivity index (χ3n) is 11.9. The average molecular weight is 723 g/mol. The summed E-state index contributed by atoms with van der Waals surface area (Å²) >= 11 is 13.5. The van der Waals surface area contributed by atoms with Crippen LogP contribution in [0.3, 0.4) is 0 Å². The number of hydrogen-bond donors (Lipinski definition) is 2. The largest absolute Gasteiger partial charge is 0.481 e. The number of rotatable bonds is 10. The van der Waals surface area contributed by atoms with Gasteiger partial charge in [-0.15, -0.1) is 0 Å². The molecule has 2 unspecified atom stereocenters. The number of carboxylic acid groups (broad SMARTS) is 1. The molecule has 4 heterocycles. The fourth-order valence-electron chi connectivity index (χ4n) is 9.14. The summed E-state index contributed by atoms with van der Waals surface area (Å²) in [4.78, 5) is 46.2. The average Bonchev–Trinajstić information content (AvgIpc) is 3.39. The van der Waals surface area contributed by atoms with Crippen LogP contribution in [-0.4, -0.2) is 105 Å². The number of anilines is 1. The number of aryl methyl sites for hydroxylation is 1. The highest BCUT2D eigenvalue weighted by Crippen LogP contribution is 2.42. The van der Waals surface area contributed by atoms with Gasteiger partial charge in [0.05, 0.1) is 47.4 Å². The number of carboxylic acids is 1. The number of amides is 2. The number of nitrogens with zero attached hydrogens (tertiary/aromatic N) is 4. The lowest BCUT2D eigenvalue weighted by Crippen LogP contribution is -2.51. The van der Waals surface area contributed by atoms with Gasteiger partial charge in [-0.1, -0.05) is 41.4 Å². The molecule has 5 fully saturated rings. The number of carbonyl (C=O) groups excluding carboxylic acids is 2. The van der Waals surface area contributed by atoms with E-state index in [9.17, 15) is 19.5 Å². The zero-order valence-corrected chi connectivity index (χ0v) is 29.9. The van der Waals surface area contributed by atoms with Gasteiger partial charge in [0.25, 0.3) is 5.91 Å². The summed E-state index contributed by atoms with van der Waals surface area (Å²) in [6.45, 7) is 3.28. The van der Waals surface area contributed by atoms with Crippen molar-refractivity contribution in [2.75, 3.05) is 31.6 Å². The van der Waals surface area contributed by atoms with Crippen molar-refractivity contribution >= 4 is 57.6 Å². The van der Waals surface area contributed by atoms with E-state index in [1.54, 1.807) is 18.3 Å². The van der Waals surface area contributed by atoms with Crippen LogP contribution in [0.2, 0.25) is 10.0 Å². The van der Waals surface area contributed by atoms with Crippen LogP contribution in [0, 0.1) is 5.92 Å². The number of hydrogen-bond acceptors (Lipinski definition) is 6. The number of para-hydroxylation sites is 1. The Morgan fingerprint density at radius 3 is 2.28 bits per heavy atom. The minimum absolute atomic E-state index is 0.0152. The molecule has 2 N–H and O–H groups in total. The van der Waals surface area contributed by atoms with Crippen molar-refractivity contribution in [3.63, 3.8) is 0 Å². The Bertz CT molecular complexity index is 1800. The Hall–Kier alpha value is -3.15. The molecule has 10 nitrogen and oxygen atoms in total. The number of benzene rings is 2. The van der Waals surface area contributed by atoms with E-state index >= 15 is 0 Å². The molecule has 3 aliphatic heterocycles. The first-order valence-electron chi connectivity index (χ1n) is 18.1. The highest BCUT2D eigenvalue weighted by Gasteiger charge is 2.51. The first-order chi connectivity index (χ1) is 24.1. The van der Waals surface area contributed by atoms with Crippen LogP contribution in [0.15, 0.2) is 42.6 Å². The lowest BCUT2D eigenvalue weighted by molar-refractivity contribution is -0.144. The van der Waals surface area contributed by atoms with Crippen LogP contribution in [0.1, 0.15) is 67.3 Å². The fourth-order valence-corrected chi connectivity index (χ4v) is 9.61. The van der Waals surface area contributed by atoms with Gasteiger partial charge in [-0.3, -0.25) is 24.2 Å². The van der Waals surface area contributed by atoms with Crippen molar-refractivity contribution < 1.29 is 24.2 Å². The molecule has 2 amide bonds. The van der Waals surface area contributed by atoms with Gasteiger partial charge in [-0.05, 0) is 75.1 Å². The Kier molecular flexibility index (Phi) is 9.35. The number of halogens is 2. The van der Waals surface area contributed by atoms with E-state index < -0.39 is 5.97 Å². The zero-order valence-electron chi connectivity index (χ0n) is 28.4. The van der Waals surface area contributed by atoms with E-state index in [2.05, 4.69) is 15.1 Å². The van der Waals surface area contributed by atoms with Gasteiger partial charge in [0, 0.05) is 73.0 Å². The van der Waals surface area contributed by atoms with Crippen LogP contribution in [-0.2, 0) is 27.8 Å². The standard InChI is InChI=1S/C38H45Cl2N5O5/c1-42-20-31(30-4-2-3-5-35(30)42)37(47)41-34-16-32(39)23(12-33(34)40)13-36(46)45-19-27(44-18-25-14-26(44)17-43(25)24-8-9-24)15-28(45)21-50-29-10-6-22(7-11-29)38(48)49/h2-5,12,16,20,22,24-29H,6-11,13-15,17-19,21H2,1H3,(H,41,47)(H,48,49)/t22-,25?,26?,27-,28-,29-/m0/s1. The van der Waals surface area contributed by atoms with Gasteiger partial charge in [-0.25, -0.2) is 0 Å². The molecule has 2 aliphatic carbocycles. The molecule has 1 aromatic heterocycles. The number of nitrogens with one attached hydrogen (secondary N) is 1. The SMILES string of the molecule is Cn1cc(C(=O)Nc2cc(Cl)c(CC(=O)N3C[C@@H](N4CC5CC4CN5C4CC4)C[C@H]3CO[C@H]3CC[C@H](C(=O)O)CC3)cc2Cl)c2ccccc21. The number of ether oxygens (including phenoxy) is 1. The number of piperazine rings is 1. The van der Waals surface area contributed by atoms with Crippen molar-refractivity contribution in [1.29, 1.82) is 0 Å². The van der Waals surface area contributed by atoms with Crippen LogP contribution >= 0.6 is 23.2 Å². The van der Waals surface area contributed by atoms with Crippen LogP contribution in [0.4, 0.5) is 5.69 Å². The maximum absolute atomic E-state index is 14.1. The number of aromatic nitrogens is 1. The van der Waals surface area contributed by atoms with Gasteiger partial charge >= 0.3 is 5.97 Å². The molecular weight excluding hydrogens is 677 g/mol. The maximum atomic E-state index is 14.1. The summed E-state index contributed by atoms with van der Waals surface area (Å²) in [7, 11) is 1.90. The number of likely N-dealkylation sites (tertiary alicyclic amines) is 3. The summed E-state index contributed by atoms with van der Waals surface area (Å²) in [5, 5.41) is 13.9. The lowest BCUT2D eigenvalue weighted by atomic mass is 9.87. The summed E-state index contributed by atoms with van der Waals surface area (Å²) in [6.07, 6.45) is 9.33. The topological polar surface area (TPSA) is 107 Å². The molecule has 0 radical (unpaired) electrons. The van der Waals surface area contributed by atoms with Crippen molar-refractivity contribution in [3.05, 3.63) is 63.8 Å². The molecule has 50 heavy (non-hydrogen) atoms. The molecular formula is C38H45Cl2N5O5. The lowest BCUT2D eigenvalue weighted by Gasteiger charge is -2.37. The van der Waals surface area contributed by atoms with Gasteiger partial charge < -0.3 is 24.6 Å². The van der Waals surface area contributed by atoms with E-state index in [1.165, 1.54) is 19.3 Å². The second kappa shape index (κ2) is 13.8. The molecule has 2 saturated carbocycles. The van der Waals surface area contributed by atoms with Gasteiger partial charge in [-0.2, -0.15) is 0 Å². The molecule has 2 bridgehead atoms. The predicted molar refractivity (Wildman–Crippen MR) is 193 cm³/mol. The number of carbonyl (C=O) groups is 3. The second-order valence-corrected chi connectivity index (χ2v) is 15.9. The van der Waals surface area contributed by atoms with E-state index in [1.807, 2.05) is 40.8 Å². The van der Waals surface area contributed by atoms with E-state index in [0.29, 0.717) is 64.9 Å². The van der Waals surface area contributed by atoms with Gasteiger partial charge in [0.1, 0.15) is 0 Å². The minimum atomic E-state index is -0.724. The summed E-state index contributed by atoms with van der Waals surface area (Å²) in [5.41, 5.74) is 2.49. The molecule has 8 rings (SSSR count). The first-order valence-corrected chi connectivity index (χ1v) is 18.9. The Balaban J connectivity index is 0.950. The van der Waals surface area contributed by atoms with E-state index in [4.69, 9.17) is 27.9 Å².